The predicted octanol–water partition coefficient (Wildman–Crippen LogP) is 4.74. The lowest BCUT2D eigenvalue weighted by Crippen LogP contribution is -2.17. The van der Waals surface area contributed by atoms with Crippen molar-refractivity contribution < 1.29 is 4.79 Å². The van der Waals surface area contributed by atoms with Gasteiger partial charge < -0.3 is 15.5 Å². The zero-order chi connectivity index (χ0) is 17.8. The number of benzene rings is 1. The SMILES string of the molecule is O=C(Nc1ccc(Nc2ccc(N3CCCC3)cc2)nc1)c1cccs1. The third-order valence-corrected chi connectivity index (χ3v) is 5.25. The molecule has 1 aliphatic heterocycles. The lowest BCUT2D eigenvalue weighted by molar-refractivity contribution is 0.103. The molecular weight excluding hydrogens is 344 g/mol. The van der Waals surface area contributed by atoms with Crippen LogP contribution in [0.4, 0.5) is 22.9 Å². The number of nitrogens with one attached hydrogen (secondary N) is 2. The predicted molar refractivity (Wildman–Crippen MR) is 108 cm³/mol. The number of carbonyl (C=O) groups is 1. The second-order valence-electron chi connectivity index (χ2n) is 6.23. The van der Waals surface area contributed by atoms with Crippen LogP contribution in [-0.2, 0) is 0 Å². The molecule has 0 atom stereocenters. The molecule has 3 aromatic rings. The van der Waals surface area contributed by atoms with E-state index in [4.69, 9.17) is 0 Å². The summed E-state index contributed by atoms with van der Waals surface area (Å²) in [5.41, 5.74) is 2.95. The number of carbonyl (C=O) groups excluding carboxylic acids is 1. The van der Waals surface area contributed by atoms with Crippen LogP contribution in [0, 0.1) is 0 Å². The molecule has 0 saturated carbocycles. The highest BCUT2D eigenvalue weighted by molar-refractivity contribution is 7.12. The maximum absolute atomic E-state index is 12.0. The summed E-state index contributed by atoms with van der Waals surface area (Å²) in [7, 11) is 0. The van der Waals surface area contributed by atoms with Crippen molar-refractivity contribution in [3.8, 4) is 0 Å². The summed E-state index contributed by atoms with van der Waals surface area (Å²) in [6.45, 7) is 2.29. The van der Waals surface area contributed by atoms with Crippen LogP contribution in [0.2, 0.25) is 0 Å². The Balaban J connectivity index is 1.37. The van der Waals surface area contributed by atoms with Gasteiger partial charge in [0, 0.05) is 24.5 Å². The summed E-state index contributed by atoms with van der Waals surface area (Å²) in [6.07, 6.45) is 4.21. The molecule has 0 unspecified atom stereocenters. The standard InChI is InChI=1S/C20H20N4OS/c25-20(18-4-3-13-26-18)23-16-7-10-19(21-14-16)22-15-5-8-17(9-6-15)24-11-1-2-12-24/h3-10,13-14H,1-2,11-12H2,(H,21,22)(H,23,25). The van der Waals surface area contributed by atoms with Gasteiger partial charge in [-0.25, -0.2) is 4.98 Å². The summed E-state index contributed by atoms with van der Waals surface area (Å²) in [6, 6.07) is 15.8. The second-order valence-corrected chi connectivity index (χ2v) is 7.18. The molecular formula is C20H20N4OS. The number of aromatic nitrogens is 1. The number of rotatable bonds is 5. The summed E-state index contributed by atoms with van der Waals surface area (Å²) < 4.78 is 0. The Hall–Kier alpha value is -2.86. The molecule has 132 valence electrons. The number of thiophene rings is 1. The third kappa shape index (κ3) is 3.86. The number of hydrogen-bond acceptors (Lipinski definition) is 5. The van der Waals surface area contributed by atoms with Crippen LogP contribution in [0.3, 0.4) is 0 Å². The van der Waals surface area contributed by atoms with E-state index in [1.807, 2.05) is 23.6 Å². The number of nitrogens with zero attached hydrogens (tertiary/aromatic N) is 2. The minimum absolute atomic E-state index is 0.111. The van der Waals surface area contributed by atoms with Crippen molar-refractivity contribution >= 4 is 40.1 Å². The molecule has 26 heavy (non-hydrogen) atoms. The lowest BCUT2D eigenvalue weighted by atomic mass is 10.2. The topological polar surface area (TPSA) is 57.3 Å². The molecule has 2 aromatic heterocycles. The molecule has 1 aliphatic rings. The fourth-order valence-corrected chi connectivity index (χ4v) is 3.64. The molecule has 0 spiro atoms. The van der Waals surface area contributed by atoms with Crippen molar-refractivity contribution in [2.75, 3.05) is 28.6 Å². The van der Waals surface area contributed by atoms with Crippen LogP contribution in [0.1, 0.15) is 22.5 Å². The summed E-state index contributed by atoms with van der Waals surface area (Å²) in [5.74, 6) is 0.632. The molecule has 1 saturated heterocycles. The van der Waals surface area contributed by atoms with Crippen LogP contribution in [0.5, 0.6) is 0 Å². The van der Waals surface area contributed by atoms with E-state index in [1.165, 1.54) is 29.9 Å². The Labute approximate surface area is 156 Å². The molecule has 3 heterocycles. The van der Waals surface area contributed by atoms with E-state index >= 15 is 0 Å². The van der Waals surface area contributed by atoms with E-state index in [9.17, 15) is 4.79 Å². The van der Waals surface area contributed by atoms with Gasteiger partial charge in [0.1, 0.15) is 5.82 Å². The molecule has 0 radical (unpaired) electrons. The van der Waals surface area contributed by atoms with E-state index in [0.717, 1.165) is 24.6 Å². The Bertz CT molecular complexity index is 854. The minimum atomic E-state index is -0.111. The van der Waals surface area contributed by atoms with Crippen LogP contribution < -0.4 is 15.5 Å². The number of pyridine rings is 1. The fraction of sp³-hybridized carbons (Fsp3) is 0.200. The van der Waals surface area contributed by atoms with Crippen molar-refractivity contribution in [3.63, 3.8) is 0 Å². The Morgan fingerprint density at radius 3 is 2.42 bits per heavy atom. The van der Waals surface area contributed by atoms with E-state index in [0.29, 0.717) is 10.6 Å². The summed E-state index contributed by atoms with van der Waals surface area (Å²) in [4.78, 5) is 19.5. The lowest BCUT2D eigenvalue weighted by Gasteiger charge is -2.17. The Morgan fingerprint density at radius 1 is 1.00 bits per heavy atom. The molecule has 1 amide bonds. The highest BCUT2D eigenvalue weighted by Crippen LogP contribution is 2.24. The quantitative estimate of drug-likeness (QED) is 0.687. The van der Waals surface area contributed by atoms with Gasteiger partial charge in [0.25, 0.3) is 5.91 Å². The van der Waals surface area contributed by atoms with Gasteiger partial charge in [0.15, 0.2) is 0 Å². The van der Waals surface area contributed by atoms with Gasteiger partial charge in [0.2, 0.25) is 0 Å². The van der Waals surface area contributed by atoms with Gasteiger partial charge in [0.05, 0.1) is 16.8 Å². The number of anilines is 4. The maximum Gasteiger partial charge on any atom is 0.265 e. The molecule has 6 heteroatoms. The van der Waals surface area contributed by atoms with Crippen LogP contribution in [0.15, 0.2) is 60.1 Å². The van der Waals surface area contributed by atoms with Gasteiger partial charge in [-0.15, -0.1) is 11.3 Å². The Kier molecular flexibility index (Phi) is 4.84. The average molecular weight is 364 g/mol. The van der Waals surface area contributed by atoms with Gasteiger partial charge in [-0.05, 0) is 60.7 Å². The molecule has 5 nitrogen and oxygen atoms in total. The van der Waals surface area contributed by atoms with Crippen molar-refractivity contribution in [2.24, 2.45) is 0 Å². The average Bonchev–Trinajstić information content (AvgIpc) is 3.38. The highest BCUT2D eigenvalue weighted by Gasteiger charge is 2.12. The maximum atomic E-state index is 12.0. The minimum Gasteiger partial charge on any atom is -0.372 e. The van der Waals surface area contributed by atoms with E-state index < -0.39 is 0 Å². The smallest absolute Gasteiger partial charge is 0.265 e. The fourth-order valence-electron chi connectivity index (χ4n) is 3.02. The zero-order valence-corrected chi connectivity index (χ0v) is 15.1. The molecule has 1 aromatic carbocycles. The first-order chi connectivity index (χ1) is 12.8. The Morgan fingerprint density at radius 2 is 1.77 bits per heavy atom. The van der Waals surface area contributed by atoms with Crippen LogP contribution in [-0.4, -0.2) is 24.0 Å². The van der Waals surface area contributed by atoms with Crippen molar-refractivity contribution in [1.29, 1.82) is 0 Å². The van der Waals surface area contributed by atoms with Crippen molar-refractivity contribution in [1.82, 2.24) is 4.98 Å². The molecule has 0 bridgehead atoms. The molecule has 4 rings (SSSR count). The number of hydrogen-bond donors (Lipinski definition) is 2. The first-order valence-electron chi connectivity index (χ1n) is 8.71. The van der Waals surface area contributed by atoms with Gasteiger partial charge in [-0.1, -0.05) is 6.07 Å². The van der Waals surface area contributed by atoms with E-state index in [2.05, 4.69) is 44.8 Å². The van der Waals surface area contributed by atoms with Crippen molar-refractivity contribution in [3.05, 3.63) is 65.0 Å². The summed E-state index contributed by atoms with van der Waals surface area (Å²) in [5, 5.41) is 8.02. The normalized spacial score (nSPS) is 13.6. The van der Waals surface area contributed by atoms with Crippen molar-refractivity contribution in [2.45, 2.75) is 12.8 Å². The van der Waals surface area contributed by atoms with Gasteiger partial charge in [-0.2, -0.15) is 0 Å². The second kappa shape index (κ2) is 7.58. The first-order valence-corrected chi connectivity index (χ1v) is 9.59. The monoisotopic (exact) mass is 364 g/mol. The first kappa shape index (κ1) is 16.6. The third-order valence-electron chi connectivity index (χ3n) is 4.38. The largest absolute Gasteiger partial charge is 0.372 e. The van der Waals surface area contributed by atoms with E-state index in [1.54, 1.807) is 12.3 Å². The van der Waals surface area contributed by atoms with Crippen LogP contribution >= 0.6 is 11.3 Å². The molecule has 2 N–H and O–H groups in total. The molecule has 1 fully saturated rings. The number of amides is 1. The van der Waals surface area contributed by atoms with E-state index in [-0.39, 0.29) is 5.91 Å². The molecule has 0 aliphatic carbocycles. The van der Waals surface area contributed by atoms with Crippen LogP contribution in [0.25, 0.3) is 0 Å². The van der Waals surface area contributed by atoms with Gasteiger partial charge >= 0.3 is 0 Å². The zero-order valence-electron chi connectivity index (χ0n) is 14.3. The highest BCUT2D eigenvalue weighted by atomic mass is 32.1. The summed E-state index contributed by atoms with van der Waals surface area (Å²) >= 11 is 1.42. The van der Waals surface area contributed by atoms with Gasteiger partial charge in [-0.3, -0.25) is 4.79 Å².